The van der Waals surface area contributed by atoms with Gasteiger partial charge in [0.05, 0.1) is 16.7 Å². The van der Waals surface area contributed by atoms with Crippen molar-refractivity contribution in [2.24, 2.45) is 0 Å². The summed E-state index contributed by atoms with van der Waals surface area (Å²) in [6.07, 6.45) is 2.97. The zero-order valence-corrected chi connectivity index (χ0v) is 17.5. The minimum absolute atomic E-state index is 0.619. The fourth-order valence-electron chi connectivity index (χ4n) is 4.00. The molecule has 0 spiro atoms. The lowest BCUT2D eigenvalue weighted by molar-refractivity contribution is 0.878. The summed E-state index contributed by atoms with van der Waals surface area (Å²) in [4.78, 5) is 8.19. The number of nitrogens with zero attached hydrogens (tertiary/aromatic N) is 1. The number of nitrogens with one attached hydrogen (secondary N) is 3. The highest BCUT2D eigenvalue weighted by molar-refractivity contribution is 7.80. The van der Waals surface area contributed by atoms with E-state index in [0.29, 0.717) is 5.11 Å². The average molecular weight is 411 g/mol. The van der Waals surface area contributed by atoms with Crippen LogP contribution in [0.25, 0.3) is 32.7 Å². The Bertz CT molecular complexity index is 1390. The Morgan fingerprint density at radius 1 is 0.933 bits per heavy atom. The van der Waals surface area contributed by atoms with Gasteiger partial charge in [-0.2, -0.15) is 0 Å². The molecule has 148 valence electrons. The van der Waals surface area contributed by atoms with Crippen LogP contribution < -0.4 is 10.6 Å². The van der Waals surface area contributed by atoms with Gasteiger partial charge in [-0.3, -0.25) is 0 Å². The Labute approximate surface area is 180 Å². The number of aryl methyl sites for hydroxylation is 1. The van der Waals surface area contributed by atoms with E-state index in [1.807, 2.05) is 24.3 Å². The van der Waals surface area contributed by atoms with Crippen LogP contribution in [-0.2, 0) is 6.42 Å². The molecule has 0 saturated carbocycles. The molecule has 0 aliphatic carbocycles. The fourth-order valence-corrected chi connectivity index (χ4v) is 4.20. The Balaban J connectivity index is 1.38. The highest BCUT2D eigenvalue weighted by atomic mass is 32.1. The highest BCUT2D eigenvalue weighted by Gasteiger charge is 2.11. The molecule has 0 fully saturated rings. The van der Waals surface area contributed by atoms with E-state index in [9.17, 15) is 0 Å². The topological polar surface area (TPSA) is 52.7 Å². The predicted molar refractivity (Wildman–Crippen MR) is 130 cm³/mol. The smallest absolute Gasteiger partial charge is 0.170 e. The van der Waals surface area contributed by atoms with Gasteiger partial charge in [-0.15, -0.1) is 0 Å². The van der Waals surface area contributed by atoms with E-state index < -0.39 is 0 Å². The third-order valence-electron chi connectivity index (χ3n) is 5.51. The van der Waals surface area contributed by atoms with Crippen molar-refractivity contribution in [2.45, 2.75) is 13.3 Å². The summed E-state index contributed by atoms with van der Waals surface area (Å²) >= 11 is 5.64. The number of hydrogen-bond acceptors (Lipinski definition) is 2. The number of rotatable bonds is 4. The lowest BCUT2D eigenvalue weighted by Crippen LogP contribution is -2.30. The largest absolute Gasteiger partial charge is 0.362 e. The van der Waals surface area contributed by atoms with Gasteiger partial charge in [0.2, 0.25) is 0 Å². The van der Waals surface area contributed by atoms with Gasteiger partial charge in [0, 0.05) is 34.4 Å². The third-order valence-corrected chi connectivity index (χ3v) is 5.75. The molecule has 0 bridgehead atoms. The van der Waals surface area contributed by atoms with Crippen molar-refractivity contribution in [3.8, 4) is 0 Å². The summed E-state index contributed by atoms with van der Waals surface area (Å²) in [6, 6.07) is 22.8. The van der Waals surface area contributed by atoms with Crippen molar-refractivity contribution in [1.82, 2.24) is 15.3 Å². The van der Waals surface area contributed by atoms with Crippen LogP contribution in [0, 0.1) is 6.92 Å². The Morgan fingerprint density at radius 3 is 2.60 bits per heavy atom. The maximum Gasteiger partial charge on any atom is 0.170 e. The molecule has 0 amide bonds. The Morgan fingerprint density at radius 2 is 1.70 bits per heavy atom. The molecule has 5 aromatic rings. The molecule has 5 rings (SSSR count). The number of aromatic amines is 1. The van der Waals surface area contributed by atoms with Crippen molar-refractivity contribution in [1.29, 1.82) is 0 Å². The molecule has 0 atom stereocenters. The standard InChI is InChI=1S/C25H22N4S/c1-16-7-6-10-20-23(16)28-22-12-5-3-9-19(22)24(20)29-25(30)26-14-13-17-15-27-21-11-4-2-8-18(17)21/h2-12,15,27H,13-14H2,1H3,(H2,26,28,29,30). The minimum Gasteiger partial charge on any atom is -0.362 e. The number of anilines is 1. The van der Waals surface area contributed by atoms with E-state index in [-0.39, 0.29) is 0 Å². The quantitative estimate of drug-likeness (QED) is 0.262. The zero-order valence-electron chi connectivity index (χ0n) is 16.7. The summed E-state index contributed by atoms with van der Waals surface area (Å²) in [5.41, 5.74) is 6.57. The number of para-hydroxylation sites is 3. The van der Waals surface area contributed by atoms with Crippen LogP contribution in [0.4, 0.5) is 5.69 Å². The fraction of sp³-hybridized carbons (Fsp3) is 0.120. The van der Waals surface area contributed by atoms with Gasteiger partial charge >= 0.3 is 0 Å². The first kappa shape index (κ1) is 18.6. The monoisotopic (exact) mass is 410 g/mol. The molecule has 3 aromatic carbocycles. The Kier molecular flexibility index (Phi) is 4.81. The van der Waals surface area contributed by atoms with Crippen LogP contribution in [0.5, 0.6) is 0 Å². The van der Waals surface area contributed by atoms with Gasteiger partial charge in [-0.1, -0.05) is 54.6 Å². The van der Waals surface area contributed by atoms with E-state index in [1.165, 1.54) is 16.5 Å². The van der Waals surface area contributed by atoms with Gasteiger partial charge in [-0.05, 0) is 48.8 Å². The van der Waals surface area contributed by atoms with Crippen molar-refractivity contribution in [3.63, 3.8) is 0 Å². The van der Waals surface area contributed by atoms with E-state index in [4.69, 9.17) is 17.2 Å². The SMILES string of the molecule is Cc1cccc2c(NC(=S)NCCc3c[nH]c4ccccc34)c3ccccc3nc12. The van der Waals surface area contributed by atoms with Gasteiger partial charge in [0.1, 0.15) is 0 Å². The molecule has 0 saturated heterocycles. The Hall–Kier alpha value is -3.44. The third kappa shape index (κ3) is 3.37. The van der Waals surface area contributed by atoms with Gasteiger partial charge < -0.3 is 15.6 Å². The molecule has 30 heavy (non-hydrogen) atoms. The molecule has 0 aliphatic rings. The maximum atomic E-state index is 5.64. The first-order valence-corrected chi connectivity index (χ1v) is 10.5. The van der Waals surface area contributed by atoms with Gasteiger partial charge in [-0.25, -0.2) is 4.98 Å². The van der Waals surface area contributed by atoms with Crippen LogP contribution in [0.2, 0.25) is 0 Å². The lowest BCUT2D eigenvalue weighted by Gasteiger charge is -2.15. The van der Waals surface area contributed by atoms with Crippen LogP contribution in [-0.4, -0.2) is 21.6 Å². The molecule has 5 heteroatoms. The second-order valence-electron chi connectivity index (χ2n) is 7.47. The van der Waals surface area contributed by atoms with Crippen LogP contribution in [0.15, 0.2) is 72.9 Å². The summed E-state index contributed by atoms with van der Waals surface area (Å²) in [5, 5.41) is 10.8. The van der Waals surface area contributed by atoms with Crippen molar-refractivity contribution in [3.05, 3.63) is 84.1 Å². The molecule has 0 radical (unpaired) electrons. The lowest BCUT2D eigenvalue weighted by atomic mass is 10.1. The molecule has 4 nitrogen and oxygen atoms in total. The van der Waals surface area contributed by atoms with E-state index in [2.05, 4.69) is 71.2 Å². The molecular formula is C25H22N4S. The number of aromatic nitrogens is 2. The highest BCUT2D eigenvalue weighted by Crippen LogP contribution is 2.32. The zero-order chi connectivity index (χ0) is 20.5. The number of H-pyrrole nitrogens is 1. The van der Waals surface area contributed by atoms with Crippen LogP contribution in [0.3, 0.4) is 0 Å². The normalized spacial score (nSPS) is 11.2. The maximum absolute atomic E-state index is 5.64. The summed E-state index contributed by atoms with van der Waals surface area (Å²) < 4.78 is 0. The molecule has 3 N–H and O–H groups in total. The number of benzene rings is 3. The second kappa shape index (κ2) is 7.76. The van der Waals surface area contributed by atoms with Crippen molar-refractivity contribution >= 4 is 55.7 Å². The first-order chi connectivity index (χ1) is 14.7. The summed E-state index contributed by atoms with van der Waals surface area (Å²) in [7, 11) is 0. The predicted octanol–water partition coefficient (Wildman–Crippen LogP) is 5.71. The molecule has 0 unspecified atom stereocenters. The molecule has 0 aliphatic heterocycles. The molecular weight excluding hydrogens is 388 g/mol. The molecule has 2 aromatic heterocycles. The number of fused-ring (bicyclic) bond motifs is 3. The minimum atomic E-state index is 0.619. The first-order valence-electron chi connectivity index (χ1n) is 10.1. The molecule has 2 heterocycles. The second-order valence-corrected chi connectivity index (χ2v) is 7.87. The summed E-state index contributed by atoms with van der Waals surface area (Å²) in [5.74, 6) is 0. The van der Waals surface area contributed by atoms with E-state index >= 15 is 0 Å². The van der Waals surface area contributed by atoms with Crippen LogP contribution >= 0.6 is 12.2 Å². The summed E-state index contributed by atoms with van der Waals surface area (Å²) in [6.45, 7) is 2.85. The van der Waals surface area contributed by atoms with Gasteiger partial charge in [0.25, 0.3) is 0 Å². The van der Waals surface area contributed by atoms with Gasteiger partial charge in [0.15, 0.2) is 5.11 Å². The van der Waals surface area contributed by atoms with Crippen molar-refractivity contribution < 1.29 is 0 Å². The van der Waals surface area contributed by atoms with Crippen molar-refractivity contribution in [2.75, 3.05) is 11.9 Å². The van der Waals surface area contributed by atoms with E-state index in [1.54, 1.807) is 0 Å². The number of thiocarbonyl (C=S) groups is 1. The number of pyridine rings is 1. The van der Waals surface area contributed by atoms with E-state index in [0.717, 1.165) is 46.0 Å². The average Bonchev–Trinajstić information content (AvgIpc) is 3.17. The van der Waals surface area contributed by atoms with Crippen LogP contribution in [0.1, 0.15) is 11.1 Å². The number of hydrogen-bond donors (Lipinski definition) is 3.